The second-order valence-electron chi connectivity index (χ2n) is 14.5. The fourth-order valence-electron chi connectivity index (χ4n) is 7.66. The first-order valence-electron chi connectivity index (χ1n) is 18.6. The van der Waals surface area contributed by atoms with Gasteiger partial charge in [0.15, 0.2) is 11.3 Å². The summed E-state index contributed by atoms with van der Waals surface area (Å²) in [6, 6.07) is 24.5. The number of rotatable bonds is 12. The van der Waals surface area contributed by atoms with E-state index in [9.17, 15) is 14.4 Å². The summed E-state index contributed by atoms with van der Waals surface area (Å²) >= 11 is 2.94. The molecule has 4 aliphatic rings. The van der Waals surface area contributed by atoms with E-state index in [1.807, 2.05) is 92.2 Å². The highest BCUT2D eigenvalue weighted by Gasteiger charge is 2.62. The lowest BCUT2D eigenvalue weighted by atomic mass is 9.88. The van der Waals surface area contributed by atoms with E-state index >= 15 is 0 Å². The lowest BCUT2D eigenvalue weighted by molar-refractivity contribution is -0.216. The Balaban J connectivity index is 1.26. The molecular formula is C39H48N10O5S2. The van der Waals surface area contributed by atoms with E-state index < -0.39 is 29.2 Å². The zero-order valence-electron chi connectivity index (χ0n) is 31.7. The molecule has 17 heteroatoms. The molecule has 2 atom stereocenters. The van der Waals surface area contributed by atoms with Gasteiger partial charge in [-0.15, -0.1) is 10.1 Å². The number of carbonyl (C=O) groups excluding carboxylic acids is 3. The topological polar surface area (TPSA) is 198 Å². The number of nitrogens with zero attached hydrogens (tertiary/aromatic N) is 6. The summed E-state index contributed by atoms with van der Waals surface area (Å²) in [4.78, 5) is 64.3. The summed E-state index contributed by atoms with van der Waals surface area (Å²) in [5.74, 6) is 5.63. The molecule has 296 valence electrons. The van der Waals surface area contributed by atoms with Gasteiger partial charge in [0.25, 0.3) is 5.95 Å². The molecule has 2 fully saturated rings. The van der Waals surface area contributed by atoms with Crippen LogP contribution in [0.15, 0.2) is 78.9 Å². The van der Waals surface area contributed by atoms with Gasteiger partial charge in [-0.25, -0.2) is 20.4 Å². The SMILES string of the molecule is CSCCC1(N)C(=O)ON2OC(=O)C(N)(CCSC)N1N(N(N)C1CCC(NC(=O)C(c3ccccc3)c3ccccc3)CC1)c1nc2c2cc(C)ccc2n1. The van der Waals surface area contributed by atoms with Crippen LogP contribution in [0, 0.1) is 6.92 Å². The van der Waals surface area contributed by atoms with E-state index in [2.05, 4.69) is 5.32 Å². The Kier molecular flexibility index (Phi) is 11.7. The van der Waals surface area contributed by atoms with Gasteiger partial charge in [-0.1, -0.05) is 72.3 Å². The van der Waals surface area contributed by atoms with E-state index in [4.69, 9.17) is 37.0 Å². The lowest BCUT2D eigenvalue weighted by Crippen LogP contribution is -2.83. The maximum atomic E-state index is 14.4. The monoisotopic (exact) mass is 800 g/mol. The average molecular weight is 801 g/mol. The molecule has 56 heavy (non-hydrogen) atoms. The molecule has 1 amide bonds. The zero-order chi connectivity index (χ0) is 39.6. The van der Waals surface area contributed by atoms with Gasteiger partial charge in [0.05, 0.1) is 16.8 Å². The first-order valence-corrected chi connectivity index (χ1v) is 21.4. The molecule has 7 N–H and O–H groups in total. The third-order valence-electron chi connectivity index (χ3n) is 10.7. The minimum atomic E-state index is -2.04. The van der Waals surface area contributed by atoms with Crippen LogP contribution in [0.1, 0.15) is 61.1 Å². The van der Waals surface area contributed by atoms with Crippen molar-refractivity contribution in [3.05, 3.63) is 95.6 Å². The fraction of sp³-hybridized carbons (Fsp3) is 0.410. The molecule has 3 aliphatic heterocycles. The molecule has 15 nitrogen and oxygen atoms in total. The van der Waals surface area contributed by atoms with Crippen molar-refractivity contribution in [1.29, 1.82) is 0 Å². The minimum absolute atomic E-state index is 0.00906. The van der Waals surface area contributed by atoms with Crippen molar-refractivity contribution in [1.82, 2.24) is 25.4 Å². The second kappa shape index (κ2) is 16.5. The highest BCUT2D eigenvalue weighted by molar-refractivity contribution is 7.98. The third kappa shape index (κ3) is 7.52. The maximum Gasteiger partial charge on any atom is 0.372 e. The lowest BCUT2D eigenvalue weighted by Gasteiger charge is -2.54. The number of nitrogens with two attached hydrogens (primary N) is 3. The number of fused-ring (bicyclic) bond motifs is 5. The van der Waals surface area contributed by atoms with Crippen molar-refractivity contribution in [2.24, 2.45) is 17.3 Å². The molecule has 8 rings (SSSR count). The Labute approximate surface area is 334 Å². The Bertz CT molecular complexity index is 1980. The van der Waals surface area contributed by atoms with E-state index in [0.717, 1.165) is 16.7 Å². The van der Waals surface area contributed by atoms with E-state index in [-0.39, 0.29) is 42.6 Å². The summed E-state index contributed by atoms with van der Waals surface area (Å²) in [6.45, 7) is 1.90. The van der Waals surface area contributed by atoms with Gasteiger partial charge in [-0.05, 0) is 85.1 Å². The van der Waals surface area contributed by atoms with E-state index in [0.29, 0.717) is 53.3 Å². The smallest absolute Gasteiger partial charge is 0.353 e. The molecule has 1 aliphatic carbocycles. The second-order valence-corrected chi connectivity index (χ2v) is 16.4. The van der Waals surface area contributed by atoms with Crippen LogP contribution in [0.3, 0.4) is 0 Å². The van der Waals surface area contributed by atoms with Crippen LogP contribution in [-0.4, -0.2) is 85.4 Å². The van der Waals surface area contributed by atoms with Crippen LogP contribution >= 0.6 is 23.5 Å². The van der Waals surface area contributed by atoms with Gasteiger partial charge < -0.3 is 26.5 Å². The van der Waals surface area contributed by atoms with Gasteiger partial charge in [0, 0.05) is 24.9 Å². The average Bonchev–Trinajstić information content (AvgIpc) is 3.25. The first-order chi connectivity index (χ1) is 27.0. The van der Waals surface area contributed by atoms with Crippen LogP contribution in [0.25, 0.3) is 10.9 Å². The number of hydrazine groups is 3. The molecule has 4 bridgehead atoms. The van der Waals surface area contributed by atoms with Gasteiger partial charge in [-0.3, -0.25) is 4.79 Å². The van der Waals surface area contributed by atoms with Crippen molar-refractivity contribution in [3.8, 4) is 0 Å². The number of anilines is 2. The van der Waals surface area contributed by atoms with Crippen LogP contribution in [0.2, 0.25) is 0 Å². The number of benzene rings is 3. The molecule has 4 aromatic rings. The molecule has 0 radical (unpaired) electrons. The Morgan fingerprint density at radius 1 is 0.875 bits per heavy atom. The highest BCUT2D eigenvalue weighted by Crippen LogP contribution is 2.41. The number of amides is 1. The number of thioether (sulfide) groups is 2. The highest BCUT2D eigenvalue weighted by atomic mass is 32.2. The summed E-state index contributed by atoms with van der Waals surface area (Å²) in [5.41, 5.74) is 13.5. The largest absolute Gasteiger partial charge is 0.372 e. The molecule has 2 unspecified atom stereocenters. The van der Waals surface area contributed by atoms with Crippen molar-refractivity contribution in [2.45, 2.75) is 74.8 Å². The Morgan fingerprint density at radius 3 is 1.96 bits per heavy atom. The third-order valence-corrected chi connectivity index (χ3v) is 11.9. The summed E-state index contributed by atoms with van der Waals surface area (Å²) in [6.07, 6.45) is 6.06. The first kappa shape index (κ1) is 39.7. The standard InChI is InChI=1S/C39H48N10O5S2/c1-25-14-19-31-30(24-25)33-45-37(44-31)47(49-38(40,20-22-55-2)35(51)53-48(33)54-36(52)39(49,41)21-23-56-3)46(42)29-17-15-28(16-18-29)43-34(50)32(26-10-6-4-7-11-26)27-12-8-5-9-13-27/h4-14,19,24,28-29,32H,15-18,20-23,40-42H2,1-3H3,(H,43,50). The van der Waals surface area contributed by atoms with Crippen LogP contribution in [0.5, 0.6) is 0 Å². The van der Waals surface area contributed by atoms with Crippen LogP contribution < -0.4 is 33.0 Å². The molecule has 4 heterocycles. The van der Waals surface area contributed by atoms with Gasteiger partial charge >= 0.3 is 11.9 Å². The number of aromatic nitrogens is 2. The summed E-state index contributed by atoms with van der Waals surface area (Å²) in [7, 11) is 0. The molecule has 1 saturated carbocycles. The van der Waals surface area contributed by atoms with Gasteiger partial charge in [-0.2, -0.15) is 33.6 Å². The quantitative estimate of drug-likeness (QED) is 0.119. The molecule has 3 aromatic carbocycles. The van der Waals surface area contributed by atoms with Crippen LogP contribution in [-0.2, 0) is 24.1 Å². The molecule has 0 spiro atoms. The van der Waals surface area contributed by atoms with Crippen molar-refractivity contribution >= 4 is 64.0 Å². The number of hydrogen-bond donors (Lipinski definition) is 4. The van der Waals surface area contributed by atoms with E-state index in [1.165, 1.54) is 38.8 Å². The molecule has 1 saturated heterocycles. The predicted octanol–water partition coefficient (Wildman–Crippen LogP) is 3.88. The zero-order valence-corrected chi connectivity index (χ0v) is 33.3. The number of nitrogens with one attached hydrogen (secondary N) is 1. The Morgan fingerprint density at radius 2 is 1.43 bits per heavy atom. The maximum absolute atomic E-state index is 14.4. The molecule has 1 aromatic heterocycles. The van der Waals surface area contributed by atoms with E-state index in [1.54, 1.807) is 6.07 Å². The van der Waals surface area contributed by atoms with Crippen molar-refractivity contribution < 1.29 is 24.1 Å². The number of aryl methyl sites for hydroxylation is 1. The summed E-state index contributed by atoms with van der Waals surface area (Å²) in [5, 5.41) is 8.60. The fourth-order valence-corrected chi connectivity index (χ4v) is 8.69. The number of hydrogen-bond acceptors (Lipinski definition) is 16. The van der Waals surface area contributed by atoms with Gasteiger partial charge in [0.2, 0.25) is 11.7 Å². The minimum Gasteiger partial charge on any atom is -0.353 e. The van der Waals surface area contributed by atoms with Crippen molar-refractivity contribution in [2.75, 3.05) is 34.4 Å². The Hall–Kier alpha value is -4.49. The summed E-state index contributed by atoms with van der Waals surface area (Å²) < 4.78 is 0. The molecular weight excluding hydrogens is 753 g/mol. The van der Waals surface area contributed by atoms with Crippen molar-refractivity contribution in [3.63, 3.8) is 0 Å². The van der Waals surface area contributed by atoms with Crippen LogP contribution in [0.4, 0.5) is 11.8 Å². The predicted molar refractivity (Wildman–Crippen MR) is 218 cm³/mol. The normalized spacial score (nSPS) is 25.0. The van der Waals surface area contributed by atoms with Gasteiger partial charge in [0.1, 0.15) is 0 Å². The number of carbonyl (C=O) groups is 3.